The van der Waals surface area contributed by atoms with Crippen LogP contribution in [0.1, 0.15) is 68.8 Å². The van der Waals surface area contributed by atoms with Crippen molar-refractivity contribution >= 4 is 10.9 Å². The van der Waals surface area contributed by atoms with Gasteiger partial charge in [0.25, 0.3) is 5.56 Å². The molecule has 0 spiro atoms. The van der Waals surface area contributed by atoms with Crippen LogP contribution in [0.15, 0.2) is 51.9 Å². The fourth-order valence-electron chi connectivity index (χ4n) is 4.89. The smallest absolute Gasteiger partial charge is 0.253 e. The molecule has 1 aliphatic heterocycles. The molecule has 0 aliphatic carbocycles. The number of hydrogen-bond donors (Lipinski definition) is 1. The largest absolute Gasteiger partial charge is 0.468 e. The minimum Gasteiger partial charge on any atom is -0.468 e. The van der Waals surface area contributed by atoms with Crippen molar-refractivity contribution < 1.29 is 9.15 Å². The Bertz CT molecular complexity index is 1370. The van der Waals surface area contributed by atoms with E-state index in [9.17, 15) is 4.79 Å². The van der Waals surface area contributed by atoms with Gasteiger partial charge in [0.2, 0.25) is 0 Å². The molecule has 190 valence electrons. The number of nitrogens with zero attached hydrogens (tertiary/aromatic N) is 5. The Balaban J connectivity index is 1.69. The van der Waals surface area contributed by atoms with E-state index in [4.69, 9.17) is 9.15 Å². The van der Waals surface area contributed by atoms with Crippen molar-refractivity contribution in [2.75, 3.05) is 13.2 Å². The van der Waals surface area contributed by atoms with Gasteiger partial charge in [-0.1, -0.05) is 19.1 Å². The number of pyridine rings is 1. The van der Waals surface area contributed by atoms with Gasteiger partial charge in [0.05, 0.1) is 24.5 Å². The highest BCUT2D eigenvalue weighted by Gasteiger charge is 2.36. The predicted octanol–water partition coefficient (Wildman–Crippen LogP) is 4.33. The highest BCUT2D eigenvalue weighted by molar-refractivity contribution is 5.79. The van der Waals surface area contributed by atoms with Crippen molar-refractivity contribution in [3.05, 3.63) is 75.7 Å². The van der Waals surface area contributed by atoms with Crippen LogP contribution in [0.4, 0.5) is 0 Å². The molecule has 4 heterocycles. The zero-order chi connectivity index (χ0) is 25.3. The van der Waals surface area contributed by atoms with Crippen LogP contribution in [-0.2, 0) is 16.8 Å². The van der Waals surface area contributed by atoms with E-state index in [0.717, 1.165) is 48.1 Å². The number of aromatic amines is 1. The number of H-pyrrole nitrogens is 1. The Morgan fingerprint density at radius 3 is 2.86 bits per heavy atom. The molecule has 2 atom stereocenters. The van der Waals surface area contributed by atoms with Crippen molar-refractivity contribution in [1.82, 2.24) is 30.1 Å². The van der Waals surface area contributed by atoms with Gasteiger partial charge in [-0.05, 0) is 85.7 Å². The molecule has 0 unspecified atom stereocenters. The molecule has 0 amide bonds. The molecule has 1 saturated heterocycles. The van der Waals surface area contributed by atoms with Crippen LogP contribution in [0.5, 0.6) is 0 Å². The molecule has 36 heavy (non-hydrogen) atoms. The Labute approximate surface area is 210 Å². The van der Waals surface area contributed by atoms with E-state index >= 15 is 0 Å². The number of hydrogen-bond acceptors (Lipinski definition) is 7. The molecule has 1 aromatic carbocycles. The lowest BCUT2D eigenvalue weighted by atomic mass is 9.98. The number of aryl methyl sites for hydroxylation is 1. The van der Waals surface area contributed by atoms with Gasteiger partial charge in [0.1, 0.15) is 11.8 Å². The van der Waals surface area contributed by atoms with Crippen LogP contribution in [-0.4, -0.2) is 49.3 Å². The van der Waals surface area contributed by atoms with Crippen LogP contribution < -0.4 is 5.56 Å². The number of tetrazole rings is 1. The molecule has 3 aromatic heterocycles. The van der Waals surface area contributed by atoms with Gasteiger partial charge in [-0.25, -0.2) is 4.68 Å². The first-order valence-electron chi connectivity index (χ1n) is 12.7. The summed E-state index contributed by atoms with van der Waals surface area (Å²) in [5.41, 5.74) is 2.01. The Morgan fingerprint density at radius 1 is 1.28 bits per heavy atom. The SMILES string of the molecule is CCC(C)(C)n1nnnc1[C@@H](c1cc2ccc(C)cc2[nH]c1=O)N(Cc1ccco1)C[C@H]1CCCO1. The molecule has 5 rings (SSSR count). The monoisotopic (exact) mass is 490 g/mol. The van der Waals surface area contributed by atoms with Gasteiger partial charge in [0.15, 0.2) is 5.82 Å². The van der Waals surface area contributed by atoms with E-state index in [1.54, 1.807) is 6.26 Å². The second-order valence-corrected chi connectivity index (χ2v) is 10.3. The van der Waals surface area contributed by atoms with Gasteiger partial charge in [0, 0.05) is 24.2 Å². The maximum atomic E-state index is 13.6. The summed E-state index contributed by atoms with van der Waals surface area (Å²) >= 11 is 0. The molecule has 9 heteroatoms. The van der Waals surface area contributed by atoms with Gasteiger partial charge < -0.3 is 14.1 Å². The number of benzene rings is 1. The molecule has 4 aromatic rings. The zero-order valence-electron chi connectivity index (χ0n) is 21.4. The van der Waals surface area contributed by atoms with E-state index in [2.05, 4.69) is 52.2 Å². The van der Waals surface area contributed by atoms with E-state index in [-0.39, 0.29) is 17.2 Å². The highest BCUT2D eigenvalue weighted by atomic mass is 16.5. The lowest BCUT2D eigenvalue weighted by molar-refractivity contribution is 0.0534. The molecular weight excluding hydrogens is 456 g/mol. The van der Waals surface area contributed by atoms with E-state index in [0.29, 0.717) is 24.5 Å². The number of fused-ring (bicyclic) bond motifs is 1. The Kier molecular flexibility index (Phi) is 6.77. The normalized spacial score (nSPS) is 17.3. The number of ether oxygens (including phenoxy) is 1. The third kappa shape index (κ3) is 4.85. The molecule has 0 saturated carbocycles. The zero-order valence-corrected chi connectivity index (χ0v) is 21.4. The molecule has 9 nitrogen and oxygen atoms in total. The third-order valence-electron chi connectivity index (χ3n) is 7.27. The summed E-state index contributed by atoms with van der Waals surface area (Å²) in [6.07, 6.45) is 4.56. The summed E-state index contributed by atoms with van der Waals surface area (Å²) in [7, 11) is 0. The minimum absolute atomic E-state index is 0.0631. The fourth-order valence-corrected chi connectivity index (χ4v) is 4.89. The van der Waals surface area contributed by atoms with E-state index < -0.39 is 6.04 Å². The second kappa shape index (κ2) is 9.99. The fraction of sp³-hybridized carbons (Fsp3) is 0.481. The standard InChI is InChI=1S/C27H34N6O3/c1-5-27(3,4)33-25(29-30-31-33)24(22-15-19-11-10-18(2)14-23(19)28-26(22)34)32(16-20-8-6-12-35-20)17-21-9-7-13-36-21/h6,8,10-12,14-15,21,24H,5,7,9,13,16-17H2,1-4H3,(H,28,34)/t21-,24-/m1/s1. The van der Waals surface area contributed by atoms with Crippen LogP contribution in [0, 0.1) is 6.92 Å². The van der Waals surface area contributed by atoms with Crippen LogP contribution in [0.25, 0.3) is 10.9 Å². The van der Waals surface area contributed by atoms with Crippen molar-refractivity contribution in [1.29, 1.82) is 0 Å². The maximum Gasteiger partial charge on any atom is 0.253 e. The second-order valence-electron chi connectivity index (χ2n) is 10.3. The Hall–Kier alpha value is -3.30. The summed E-state index contributed by atoms with van der Waals surface area (Å²) in [5.74, 6) is 1.43. The molecule has 0 radical (unpaired) electrons. The quantitative estimate of drug-likeness (QED) is 0.372. The van der Waals surface area contributed by atoms with Gasteiger partial charge in [-0.15, -0.1) is 5.10 Å². The summed E-state index contributed by atoms with van der Waals surface area (Å²) in [5, 5.41) is 13.9. The highest BCUT2D eigenvalue weighted by Crippen LogP contribution is 2.33. The van der Waals surface area contributed by atoms with Crippen molar-refractivity contribution in [3.8, 4) is 0 Å². The summed E-state index contributed by atoms with van der Waals surface area (Å²) < 4.78 is 13.6. The Morgan fingerprint density at radius 2 is 2.14 bits per heavy atom. The van der Waals surface area contributed by atoms with Gasteiger partial charge in [-0.2, -0.15) is 0 Å². The molecule has 1 fully saturated rings. The first kappa shape index (κ1) is 24.4. The number of furan rings is 1. The topological polar surface area (TPSA) is 102 Å². The molecule has 1 N–H and O–H groups in total. The number of nitrogens with one attached hydrogen (secondary N) is 1. The van der Waals surface area contributed by atoms with Crippen molar-refractivity contribution in [2.24, 2.45) is 0 Å². The molecular formula is C27H34N6O3. The van der Waals surface area contributed by atoms with Crippen LogP contribution >= 0.6 is 0 Å². The summed E-state index contributed by atoms with van der Waals surface area (Å²) in [4.78, 5) is 19.0. The number of rotatable bonds is 9. The van der Waals surface area contributed by atoms with Crippen LogP contribution in [0.2, 0.25) is 0 Å². The average Bonchev–Trinajstić information content (AvgIpc) is 3.63. The minimum atomic E-state index is -0.505. The van der Waals surface area contributed by atoms with Gasteiger partial charge in [-0.3, -0.25) is 9.69 Å². The first-order chi connectivity index (χ1) is 17.4. The van der Waals surface area contributed by atoms with Crippen molar-refractivity contribution in [2.45, 2.75) is 71.2 Å². The van der Waals surface area contributed by atoms with Crippen LogP contribution in [0.3, 0.4) is 0 Å². The van der Waals surface area contributed by atoms with Crippen molar-refractivity contribution in [3.63, 3.8) is 0 Å². The average molecular weight is 491 g/mol. The lowest BCUT2D eigenvalue weighted by Gasteiger charge is -2.34. The first-order valence-corrected chi connectivity index (χ1v) is 12.7. The summed E-state index contributed by atoms with van der Waals surface area (Å²) in [6, 6.07) is 11.4. The predicted molar refractivity (Wildman–Crippen MR) is 137 cm³/mol. The van der Waals surface area contributed by atoms with E-state index in [1.165, 1.54) is 0 Å². The number of aromatic nitrogens is 5. The molecule has 0 bridgehead atoms. The lowest BCUT2D eigenvalue weighted by Crippen LogP contribution is -2.41. The summed E-state index contributed by atoms with van der Waals surface area (Å²) in [6.45, 7) is 10.2. The maximum absolute atomic E-state index is 13.6. The van der Waals surface area contributed by atoms with Gasteiger partial charge >= 0.3 is 0 Å². The third-order valence-corrected chi connectivity index (χ3v) is 7.27. The van der Waals surface area contributed by atoms with E-state index in [1.807, 2.05) is 41.9 Å². The molecule has 1 aliphatic rings.